The van der Waals surface area contributed by atoms with Gasteiger partial charge in [0.25, 0.3) is 5.91 Å². The van der Waals surface area contributed by atoms with Gasteiger partial charge in [0.05, 0.1) is 0 Å². The number of carbonyl (C=O) groups excluding carboxylic acids is 1. The normalized spacial score (nSPS) is 20.5. The Morgan fingerprint density at radius 2 is 2.40 bits per heavy atom. The van der Waals surface area contributed by atoms with Crippen LogP contribution >= 0.6 is 0 Å². The van der Waals surface area contributed by atoms with Crippen molar-refractivity contribution in [2.24, 2.45) is 0 Å². The molecule has 15 heavy (non-hydrogen) atoms. The highest BCUT2D eigenvalue weighted by atomic mass is 16.3. The second-order valence-corrected chi connectivity index (χ2v) is 3.97. The molecular weight excluding hydrogens is 192 g/mol. The molecule has 4 heteroatoms. The summed E-state index contributed by atoms with van der Waals surface area (Å²) >= 11 is 0. The van der Waals surface area contributed by atoms with Crippen LogP contribution in [0.15, 0.2) is 16.5 Å². The fourth-order valence-corrected chi connectivity index (χ4v) is 1.86. The summed E-state index contributed by atoms with van der Waals surface area (Å²) in [5.74, 6) is 1.18. The topological polar surface area (TPSA) is 45.5 Å². The average Bonchev–Trinajstić information content (AvgIpc) is 2.85. The Labute approximate surface area is 89.2 Å². The van der Waals surface area contributed by atoms with Crippen molar-refractivity contribution < 1.29 is 9.21 Å². The Balaban J connectivity index is 2.06. The predicted molar refractivity (Wildman–Crippen MR) is 56.8 cm³/mol. The largest absolute Gasteiger partial charge is 0.456 e. The SMILES string of the molecule is Cc1ccc(C(=O)N(C)C2CCNC2)o1. The summed E-state index contributed by atoms with van der Waals surface area (Å²) in [6.07, 6.45) is 1.02. The molecule has 1 fully saturated rings. The van der Waals surface area contributed by atoms with E-state index < -0.39 is 0 Å². The first-order valence-corrected chi connectivity index (χ1v) is 5.23. The molecule has 0 spiro atoms. The fourth-order valence-electron chi connectivity index (χ4n) is 1.86. The van der Waals surface area contributed by atoms with E-state index in [1.54, 1.807) is 11.0 Å². The number of likely N-dealkylation sites (N-methyl/N-ethyl adjacent to an activating group) is 1. The maximum absolute atomic E-state index is 11.9. The van der Waals surface area contributed by atoms with Crippen LogP contribution in [0.1, 0.15) is 22.7 Å². The van der Waals surface area contributed by atoms with E-state index in [9.17, 15) is 4.79 Å². The lowest BCUT2D eigenvalue weighted by molar-refractivity contribution is 0.0710. The van der Waals surface area contributed by atoms with E-state index in [1.165, 1.54) is 0 Å². The summed E-state index contributed by atoms with van der Waals surface area (Å²) < 4.78 is 5.31. The highest BCUT2D eigenvalue weighted by Crippen LogP contribution is 2.13. The molecule has 0 saturated carbocycles. The van der Waals surface area contributed by atoms with Crippen LogP contribution in [0.3, 0.4) is 0 Å². The molecule has 2 rings (SSSR count). The van der Waals surface area contributed by atoms with Crippen molar-refractivity contribution in [3.05, 3.63) is 23.7 Å². The Hall–Kier alpha value is -1.29. The molecule has 1 saturated heterocycles. The van der Waals surface area contributed by atoms with Crippen molar-refractivity contribution in [1.82, 2.24) is 10.2 Å². The van der Waals surface area contributed by atoms with Crippen LogP contribution in [0, 0.1) is 6.92 Å². The Kier molecular flexibility index (Phi) is 2.77. The molecular formula is C11H16N2O2. The molecule has 1 aliphatic rings. The maximum atomic E-state index is 11.9. The van der Waals surface area contributed by atoms with Crippen LogP contribution in [0.4, 0.5) is 0 Å². The third-order valence-electron chi connectivity index (χ3n) is 2.85. The minimum atomic E-state index is -0.0307. The second kappa shape index (κ2) is 4.06. The van der Waals surface area contributed by atoms with Gasteiger partial charge in [0.15, 0.2) is 5.76 Å². The lowest BCUT2D eigenvalue weighted by Gasteiger charge is -2.22. The zero-order valence-corrected chi connectivity index (χ0v) is 9.12. The van der Waals surface area contributed by atoms with Gasteiger partial charge >= 0.3 is 0 Å². The Bertz CT molecular complexity index is 353. The van der Waals surface area contributed by atoms with Gasteiger partial charge in [-0.2, -0.15) is 0 Å². The molecule has 1 aliphatic heterocycles. The molecule has 1 aromatic heterocycles. The summed E-state index contributed by atoms with van der Waals surface area (Å²) in [6, 6.07) is 3.84. The lowest BCUT2D eigenvalue weighted by atomic mass is 10.2. The monoisotopic (exact) mass is 208 g/mol. The van der Waals surface area contributed by atoms with E-state index in [-0.39, 0.29) is 5.91 Å². The van der Waals surface area contributed by atoms with Gasteiger partial charge in [0.1, 0.15) is 5.76 Å². The third kappa shape index (κ3) is 2.04. The average molecular weight is 208 g/mol. The van der Waals surface area contributed by atoms with Gasteiger partial charge in [-0.1, -0.05) is 0 Å². The van der Waals surface area contributed by atoms with Crippen molar-refractivity contribution in [3.8, 4) is 0 Å². The molecule has 0 aromatic carbocycles. The molecule has 1 N–H and O–H groups in total. The van der Waals surface area contributed by atoms with E-state index in [0.717, 1.165) is 25.3 Å². The summed E-state index contributed by atoms with van der Waals surface area (Å²) in [6.45, 7) is 3.70. The van der Waals surface area contributed by atoms with Crippen molar-refractivity contribution in [3.63, 3.8) is 0 Å². The molecule has 4 nitrogen and oxygen atoms in total. The number of hydrogen-bond acceptors (Lipinski definition) is 3. The number of hydrogen-bond donors (Lipinski definition) is 1. The Morgan fingerprint density at radius 1 is 1.60 bits per heavy atom. The number of amides is 1. The highest BCUT2D eigenvalue weighted by molar-refractivity contribution is 5.91. The van der Waals surface area contributed by atoms with Crippen LogP contribution < -0.4 is 5.32 Å². The maximum Gasteiger partial charge on any atom is 0.289 e. The third-order valence-corrected chi connectivity index (χ3v) is 2.85. The molecule has 0 radical (unpaired) electrons. The second-order valence-electron chi connectivity index (χ2n) is 3.97. The molecule has 82 valence electrons. The van der Waals surface area contributed by atoms with Crippen molar-refractivity contribution >= 4 is 5.91 Å². The number of nitrogens with zero attached hydrogens (tertiary/aromatic N) is 1. The minimum absolute atomic E-state index is 0.0307. The standard InChI is InChI=1S/C11H16N2O2/c1-8-3-4-10(15-8)11(14)13(2)9-5-6-12-7-9/h3-4,9,12H,5-7H2,1-2H3. The van der Waals surface area contributed by atoms with Crippen LogP contribution in [-0.4, -0.2) is 37.0 Å². The quantitative estimate of drug-likeness (QED) is 0.789. The Morgan fingerprint density at radius 3 is 2.93 bits per heavy atom. The van der Waals surface area contributed by atoms with E-state index >= 15 is 0 Å². The number of carbonyl (C=O) groups is 1. The van der Waals surface area contributed by atoms with Crippen molar-refractivity contribution in [2.75, 3.05) is 20.1 Å². The summed E-state index contributed by atoms with van der Waals surface area (Å²) in [7, 11) is 1.83. The molecule has 0 bridgehead atoms. The van der Waals surface area contributed by atoms with Gasteiger partial charge < -0.3 is 14.6 Å². The zero-order chi connectivity index (χ0) is 10.8. The predicted octanol–water partition coefficient (Wildman–Crippen LogP) is 1.02. The molecule has 1 atom stereocenters. The summed E-state index contributed by atoms with van der Waals surface area (Å²) in [5.41, 5.74) is 0. The van der Waals surface area contributed by atoms with Crippen LogP contribution in [0.5, 0.6) is 0 Å². The lowest BCUT2D eigenvalue weighted by Crippen LogP contribution is -2.38. The highest BCUT2D eigenvalue weighted by Gasteiger charge is 2.25. The molecule has 1 unspecified atom stereocenters. The number of furan rings is 1. The number of nitrogens with one attached hydrogen (secondary N) is 1. The van der Waals surface area contributed by atoms with Gasteiger partial charge in [-0.05, 0) is 32.0 Å². The van der Waals surface area contributed by atoms with Crippen LogP contribution in [0.2, 0.25) is 0 Å². The summed E-state index contributed by atoms with van der Waals surface area (Å²) in [4.78, 5) is 13.7. The van der Waals surface area contributed by atoms with Gasteiger partial charge in [-0.3, -0.25) is 4.79 Å². The van der Waals surface area contributed by atoms with Crippen LogP contribution in [0.25, 0.3) is 0 Å². The minimum Gasteiger partial charge on any atom is -0.456 e. The van der Waals surface area contributed by atoms with E-state index in [1.807, 2.05) is 20.0 Å². The van der Waals surface area contributed by atoms with E-state index in [4.69, 9.17) is 4.42 Å². The first-order valence-electron chi connectivity index (χ1n) is 5.23. The first kappa shape index (κ1) is 10.2. The fraction of sp³-hybridized carbons (Fsp3) is 0.545. The van der Waals surface area contributed by atoms with Gasteiger partial charge in [-0.25, -0.2) is 0 Å². The molecule has 1 aromatic rings. The molecule has 0 aliphatic carbocycles. The summed E-state index contributed by atoms with van der Waals surface area (Å²) in [5, 5.41) is 3.24. The zero-order valence-electron chi connectivity index (χ0n) is 9.12. The van der Waals surface area contributed by atoms with Gasteiger partial charge in [0, 0.05) is 19.6 Å². The van der Waals surface area contributed by atoms with E-state index in [0.29, 0.717) is 11.8 Å². The number of aryl methyl sites for hydroxylation is 1. The molecule has 1 amide bonds. The smallest absolute Gasteiger partial charge is 0.289 e. The first-order chi connectivity index (χ1) is 7.18. The van der Waals surface area contributed by atoms with Crippen molar-refractivity contribution in [2.45, 2.75) is 19.4 Å². The van der Waals surface area contributed by atoms with Gasteiger partial charge in [-0.15, -0.1) is 0 Å². The van der Waals surface area contributed by atoms with Crippen LogP contribution in [-0.2, 0) is 0 Å². The van der Waals surface area contributed by atoms with Gasteiger partial charge in [0.2, 0.25) is 0 Å². The number of rotatable bonds is 2. The molecule has 2 heterocycles. The van der Waals surface area contributed by atoms with Crippen molar-refractivity contribution in [1.29, 1.82) is 0 Å². The van der Waals surface area contributed by atoms with E-state index in [2.05, 4.69) is 5.32 Å².